The zero-order valence-electron chi connectivity index (χ0n) is 8.39. The van der Waals surface area contributed by atoms with Gasteiger partial charge in [0.2, 0.25) is 0 Å². The molecule has 0 spiro atoms. The first-order valence-electron chi connectivity index (χ1n) is 4.97. The molecular weight excluding hydrogens is 192 g/mol. The molecule has 2 heterocycles. The fourth-order valence-corrected chi connectivity index (χ4v) is 1.59. The molecule has 0 saturated heterocycles. The Morgan fingerprint density at radius 1 is 1.47 bits per heavy atom. The number of allylic oxidation sites excluding steroid dienone is 1. The SMILES string of the molecule is NNC(C1=CCCCO1)c1ccnnc1. The molecule has 1 aromatic heterocycles. The standard InChI is InChI=1S/C10H14N4O/c11-14-10(8-4-5-12-13-7-8)9-3-1-2-6-15-9/h3-5,7,10,14H,1-2,6,11H2. The molecule has 0 radical (unpaired) electrons. The largest absolute Gasteiger partial charge is 0.496 e. The zero-order valence-corrected chi connectivity index (χ0v) is 8.39. The van der Waals surface area contributed by atoms with E-state index in [9.17, 15) is 0 Å². The van der Waals surface area contributed by atoms with Crippen LogP contribution in [0.4, 0.5) is 0 Å². The summed E-state index contributed by atoms with van der Waals surface area (Å²) in [7, 11) is 0. The normalized spacial score (nSPS) is 17.8. The second-order valence-corrected chi connectivity index (χ2v) is 3.37. The molecule has 3 N–H and O–H groups in total. The van der Waals surface area contributed by atoms with Crippen LogP contribution in [-0.4, -0.2) is 16.8 Å². The van der Waals surface area contributed by atoms with Crippen LogP contribution in [0.3, 0.4) is 0 Å². The van der Waals surface area contributed by atoms with Crippen molar-refractivity contribution in [1.29, 1.82) is 0 Å². The summed E-state index contributed by atoms with van der Waals surface area (Å²) in [6, 6.07) is 1.75. The van der Waals surface area contributed by atoms with Crippen molar-refractivity contribution in [2.45, 2.75) is 18.9 Å². The van der Waals surface area contributed by atoms with Crippen molar-refractivity contribution in [2.24, 2.45) is 5.84 Å². The van der Waals surface area contributed by atoms with E-state index in [2.05, 4.69) is 21.7 Å². The highest BCUT2D eigenvalue weighted by atomic mass is 16.5. The number of rotatable bonds is 3. The van der Waals surface area contributed by atoms with Crippen LogP contribution < -0.4 is 11.3 Å². The Morgan fingerprint density at radius 3 is 3.00 bits per heavy atom. The van der Waals surface area contributed by atoms with Crippen molar-refractivity contribution < 1.29 is 4.74 Å². The lowest BCUT2D eigenvalue weighted by atomic mass is 10.1. The lowest BCUT2D eigenvalue weighted by molar-refractivity contribution is 0.167. The monoisotopic (exact) mass is 206 g/mol. The molecule has 0 bridgehead atoms. The van der Waals surface area contributed by atoms with E-state index in [0.717, 1.165) is 30.8 Å². The minimum absolute atomic E-state index is 0.124. The number of nitrogens with one attached hydrogen (secondary N) is 1. The lowest BCUT2D eigenvalue weighted by Crippen LogP contribution is -2.31. The predicted molar refractivity (Wildman–Crippen MR) is 55.4 cm³/mol. The van der Waals surface area contributed by atoms with E-state index in [1.807, 2.05) is 6.07 Å². The van der Waals surface area contributed by atoms with E-state index in [1.54, 1.807) is 12.4 Å². The van der Waals surface area contributed by atoms with Crippen LogP contribution in [0.15, 0.2) is 30.3 Å². The lowest BCUT2D eigenvalue weighted by Gasteiger charge is -2.22. The molecule has 0 saturated carbocycles. The summed E-state index contributed by atoms with van der Waals surface area (Å²) in [5.74, 6) is 6.39. The summed E-state index contributed by atoms with van der Waals surface area (Å²) in [4.78, 5) is 0. The van der Waals surface area contributed by atoms with E-state index in [1.165, 1.54) is 0 Å². The van der Waals surface area contributed by atoms with Gasteiger partial charge in [0.25, 0.3) is 0 Å². The van der Waals surface area contributed by atoms with Gasteiger partial charge in [-0.3, -0.25) is 5.84 Å². The van der Waals surface area contributed by atoms with Crippen molar-refractivity contribution in [3.63, 3.8) is 0 Å². The molecule has 80 valence electrons. The third-order valence-corrected chi connectivity index (χ3v) is 2.35. The van der Waals surface area contributed by atoms with Gasteiger partial charge < -0.3 is 4.74 Å². The smallest absolute Gasteiger partial charge is 0.115 e. The zero-order chi connectivity index (χ0) is 10.5. The number of hydrogen-bond acceptors (Lipinski definition) is 5. The summed E-state index contributed by atoms with van der Waals surface area (Å²) in [6.07, 6.45) is 7.49. The van der Waals surface area contributed by atoms with Crippen LogP contribution in [0.1, 0.15) is 24.4 Å². The molecule has 1 unspecified atom stereocenters. The summed E-state index contributed by atoms with van der Waals surface area (Å²) in [5, 5.41) is 7.55. The molecule has 15 heavy (non-hydrogen) atoms. The van der Waals surface area contributed by atoms with Crippen LogP contribution in [0.2, 0.25) is 0 Å². The first-order chi connectivity index (χ1) is 7.42. The van der Waals surface area contributed by atoms with E-state index in [-0.39, 0.29) is 6.04 Å². The Labute approximate surface area is 88.3 Å². The van der Waals surface area contributed by atoms with Gasteiger partial charge in [0.1, 0.15) is 11.8 Å². The minimum Gasteiger partial charge on any atom is -0.496 e. The van der Waals surface area contributed by atoms with Crippen molar-refractivity contribution in [3.05, 3.63) is 35.9 Å². The maximum Gasteiger partial charge on any atom is 0.115 e. The molecule has 1 aliphatic rings. The first kappa shape index (κ1) is 10.1. The van der Waals surface area contributed by atoms with Gasteiger partial charge in [-0.25, -0.2) is 5.43 Å². The highest BCUT2D eigenvalue weighted by Gasteiger charge is 2.18. The fraction of sp³-hybridized carbons (Fsp3) is 0.400. The molecule has 0 aromatic carbocycles. The highest BCUT2D eigenvalue weighted by Crippen LogP contribution is 2.24. The van der Waals surface area contributed by atoms with E-state index in [4.69, 9.17) is 10.6 Å². The second kappa shape index (κ2) is 4.86. The molecule has 1 atom stereocenters. The van der Waals surface area contributed by atoms with Gasteiger partial charge in [-0.15, -0.1) is 0 Å². The second-order valence-electron chi connectivity index (χ2n) is 3.37. The van der Waals surface area contributed by atoms with Crippen molar-refractivity contribution >= 4 is 0 Å². The van der Waals surface area contributed by atoms with Crippen LogP contribution in [-0.2, 0) is 4.74 Å². The Balaban J connectivity index is 2.20. The molecule has 5 nitrogen and oxygen atoms in total. The average Bonchev–Trinajstić information content (AvgIpc) is 2.33. The number of aromatic nitrogens is 2. The molecule has 2 rings (SSSR count). The Morgan fingerprint density at radius 2 is 2.40 bits per heavy atom. The number of nitrogens with zero attached hydrogens (tertiary/aromatic N) is 2. The van der Waals surface area contributed by atoms with Crippen LogP contribution >= 0.6 is 0 Å². The van der Waals surface area contributed by atoms with E-state index in [0.29, 0.717) is 0 Å². The molecule has 5 heteroatoms. The van der Waals surface area contributed by atoms with Crippen LogP contribution in [0, 0.1) is 0 Å². The van der Waals surface area contributed by atoms with E-state index >= 15 is 0 Å². The number of hydrazine groups is 1. The molecule has 0 fully saturated rings. The molecular formula is C10H14N4O. The summed E-state index contributed by atoms with van der Waals surface area (Å²) < 4.78 is 5.56. The third kappa shape index (κ3) is 2.31. The van der Waals surface area contributed by atoms with Crippen LogP contribution in [0.25, 0.3) is 0 Å². The molecule has 1 aliphatic heterocycles. The summed E-state index contributed by atoms with van der Waals surface area (Å²) in [5.41, 5.74) is 3.69. The number of hydrogen-bond donors (Lipinski definition) is 2. The van der Waals surface area contributed by atoms with Gasteiger partial charge in [-0.05, 0) is 30.5 Å². The van der Waals surface area contributed by atoms with Crippen molar-refractivity contribution in [3.8, 4) is 0 Å². The van der Waals surface area contributed by atoms with Gasteiger partial charge in [0, 0.05) is 6.20 Å². The van der Waals surface area contributed by atoms with Crippen molar-refractivity contribution in [2.75, 3.05) is 6.61 Å². The number of ether oxygens (including phenoxy) is 1. The first-order valence-corrected chi connectivity index (χ1v) is 4.97. The van der Waals surface area contributed by atoms with Crippen LogP contribution in [0.5, 0.6) is 0 Å². The molecule has 0 aliphatic carbocycles. The average molecular weight is 206 g/mol. The Kier molecular flexibility index (Phi) is 3.26. The maximum absolute atomic E-state index is 5.56. The minimum atomic E-state index is -0.124. The maximum atomic E-state index is 5.56. The van der Waals surface area contributed by atoms with Gasteiger partial charge in [-0.1, -0.05) is 0 Å². The summed E-state index contributed by atoms with van der Waals surface area (Å²) in [6.45, 7) is 0.753. The van der Waals surface area contributed by atoms with Gasteiger partial charge in [-0.2, -0.15) is 10.2 Å². The third-order valence-electron chi connectivity index (χ3n) is 2.35. The topological polar surface area (TPSA) is 73.1 Å². The number of nitrogens with two attached hydrogens (primary N) is 1. The van der Waals surface area contributed by atoms with Gasteiger partial charge in [0.15, 0.2) is 0 Å². The molecule has 0 amide bonds. The van der Waals surface area contributed by atoms with Gasteiger partial charge >= 0.3 is 0 Å². The Hall–Kier alpha value is -1.46. The highest BCUT2D eigenvalue weighted by molar-refractivity contribution is 5.21. The molecule has 1 aromatic rings. The van der Waals surface area contributed by atoms with Gasteiger partial charge in [0.05, 0.1) is 12.8 Å². The van der Waals surface area contributed by atoms with Crippen molar-refractivity contribution in [1.82, 2.24) is 15.6 Å². The Bertz CT molecular complexity index is 339. The predicted octanol–water partition coefficient (Wildman–Crippen LogP) is 0.675. The summed E-state index contributed by atoms with van der Waals surface area (Å²) >= 11 is 0. The quantitative estimate of drug-likeness (QED) is 0.562. The fourth-order valence-electron chi connectivity index (χ4n) is 1.59. The van der Waals surface area contributed by atoms with E-state index < -0.39 is 0 Å².